The van der Waals surface area contributed by atoms with Gasteiger partial charge in [0.25, 0.3) is 0 Å². The first-order valence-corrected chi connectivity index (χ1v) is 2.85. The van der Waals surface area contributed by atoms with Crippen molar-refractivity contribution in [2.24, 2.45) is 0 Å². The average Bonchev–Trinajstić information content (AvgIpc) is 2.01. The zero-order valence-electron chi connectivity index (χ0n) is 6.20. The fourth-order valence-electron chi connectivity index (χ4n) is 0.406. The fourth-order valence-corrected chi connectivity index (χ4v) is 0.406. The van der Waals surface area contributed by atoms with Gasteiger partial charge in [-0.15, -0.1) is 0 Å². The number of carbonyl (C=O) groups excluding carboxylic acids is 1. The Balaban J connectivity index is 4.22. The Morgan fingerprint density at radius 3 is 2.36 bits per heavy atom. The van der Waals surface area contributed by atoms with Gasteiger partial charge in [0.15, 0.2) is 6.67 Å². The van der Waals surface area contributed by atoms with Gasteiger partial charge >= 0.3 is 12.1 Å². The summed E-state index contributed by atoms with van der Waals surface area (Å²) in [6, 6.07) is -4.74. The highest BCUT2D eigenvalue weighted by Crippen LogP contribution is 2.17. The van der Waals surface area contributed by atoms with Gasteiger partial charge < -0.3 is 5.32 Å². The number of nitrogens with one attached hydrogen (secondary N) is 1. The molecule has 0 saturated carbocycles. The molecule has 0 aromatic rings. The van der Waals surface area contributed by atoms with E-state index in [4.69, 9.17) is 0 Å². The molecule has 0 aromatic carbocycles. The van der Waals surface area contributed by atoms with Gasteiger partial charge in [0.2, 0.25) is 0 Å². The summed E-state index contributed by atoms with van der Waals surface area (Å²) in [4.78, 5) is 10.5. The number of rotatable bonds is 2. The van der Waals surface area contributed by atoms with E-state index in [9.17, 15) is 18.0 Å². The number of halogens is 3. The molecule has 0 aliphatic heterocycles. The summed E-state index contributed by atoms with van der Waals surface area (Å²) >= 11 is 0. The number of alkyl halides is 3. The van der Waals surface area contributed by atoms with Crippen molar-refractivity contribution in [1.29, 1.82) is 0 Å². The lowest BCUT2D eigenvalue weighted by molar-refractivity contribution is -0.122. The summed E-state index contributed by atoms with van der Waals surface area (Å²) in [5.41, 5.74) is 0. The molecule has 0 aliphatic carbocycles. The van der Waals surface area contributed by atoms with Crippen LogP contribution in [0.25, 0.3) is 0 Å². The van der Waals surface area contributed by atoms with E-state index in [1.165, 1.54) is 7.05 Å². The molecule has 0 unspecified atom stereocenters. The maximum atomic E-state index is 12.3. The minimum Gasteiger partial charge on any atom is -0.341 e. The zero-order chi connectivity index (χ0) is 9.07. The van der Waals surface area contributed by atoms with Crippen LogP contribution in [-0.2, 0) is 0 Å². The summed E-state index contributed by atoms with van der Waals surface area (Å²) in [6.45, 7) is -1.88. The highest BCUT2D eigenvalue weighted by Gasteiger charge is 2.37. The number of urea groups is 1. The lowest BCUT2D eigenvalue weighted by Gasteiger charge is -2.24. The molecule has 0 heterocycles. The second-order valence-corrected chi connectivity index (χ2v) is 1.91. The third kappa shape index (κ3) is 2.28. The van der Waals surface area contributed by atoms with Crippen LogP contribution in [0.1, 0.15) is 0 Å². The minimum atomic E-state index is -3.72. The number of hydrogen-bond acceptors (Lipinski definition) is 1. The van der Waals surface area contributed by atoms with Crippen molar-refractivity contribution in [2.75, 3.05) is 20.8 Å². The standard InChI is InChI=1S/C5H9F3N2O/c1-9-4(11)10(2)5(7,8)3-6/h3H2,1-2H3,(H,9,11). The second kappa shape index (κ2) is 3.45. The summed E-state index contributed by atoms with van der Waals surface area (Å²) in [6.07, 6.45) is 0. The zero-order valence-corrected chi connectivity index (χ0v) is 6.20. The van der Waals surface area contributed by atoms with Crippen LogP contribution in [0.2, 0.25) is 0 Å². The van der Waals surface area contributed by atoms with Gasteiger partial charge in [0.1, 0.15) is 0 Å². The van der Waals surface area contributed by atoms with E-state index in [-0.39, 0.29) is 4.90 Å². The smallest absolute Gasteiger partial charge is 0.341 e. The maximum Gasteiger partial charge on any atom is 0.357 e. The first kappa shape index (κ1) is 10.1. The highest BCUT2D eigenvalue weighted by molar-refractivity contribution is 5.73. The van der Waals surface area contributed by atoms with E-state index in [0.29, 0.717) is 0 Å². The van der Waals surface area contributed by atoms with Crippen LogP contribution in [0.15, 0.2) is 0 Å². The lowest BCUT2D eigenvalue weighted by Crippen LogP contribution is -2.48. The van der Waals surface area contributed by atoms with E-state index in [0.717, 1.165) is 7.05 Å². The molecular formula is C5H9F3N2O. The molecule has 0 rings (SSSR count). The molecule has 0 saturated heterocycles. The van der Waals surface area contributed by atoms with Gasteiger partial charge in [-0.2, -0.15) is 8.78 Å². The first-order valence-electron chi connectivity index (χ1n) is 2.85. The van der Waals surface area contributed by atoms with Crippen LogP contribution in [-0.4, -0.2) is 37.7 Å². The van der Waals surface area contributed by atoms with Crippen LogP contribution >= 0.6 is 0 Å². The molecule has 0 fully saturated rings. The van der Waals surface area contributed by atoms with Gasteiger partial charge in [-0.25, -0.2) is 9.18 Å². The molecule has 6 heteroatoms. The SMILES string of the molecule is CNC(=O)N(C)C(F)(F)CF. The van der Waals surface area contributed by atoms with Crippen LogP contribution in [0, 0.1) is 0 Å². The monoisotopic (exact) mass is 170 g/mol. The van der Waals surface area contributed by atoms with Crippen molar-refractivity contribution in [1.82, 2.24) is 10.2 Å². The molecule has 1 N–H and O–H groups in total. The van der Waals surface area contributed by atoms with Crippen molar-refractivity contribution < 1.29 is 18.0 Å². The summed E-state index contributed by atoms with van der Waals surface area (Å²) in [7, 11) is 2.01. The Morgan fingerprint density at radius 1 is 1.64 bits per heavy atom. The molecule has 0 aromatic heterocycles. The molecule has 0 radical (unpaired) electrons. The Labute approximate surface area is 62.2 Å². The summed E-state index contributed by atoms with van der Waals surface area (Å²) in [5, 5.41) is 1.95. The third-order valence-electron chi connectivity index (χ3n) is 1.17. The quantitative estimate of drug-likeness (QED) is 0.611. The van der Waals surface area contributed by atoms with Crippen molar-refractivity contribution >= 4 is 6.03 Å². The Morgan fingerprint density at radius 2 is 2.09 bits per heavy atom. The van der Waals surface area contributed by atoms with Crippen LogP contribution in [0.4, 0.5) is 18.0 Å². The first-order chi connectivity index (χ1) is 4.95. The normalized spacial score (nSPS) is 11.0. The van der Waals surface area contributed by atoms with Crippen LogP contribution < -0.4 is 5.32 Å². The van der Waals surface area contributed by atoms with Crippen molar-refractivity contribution in [3.63, 3.8) is 0 Å². The van der Waals surface area contributed by atoms with E-state index < -0.39 is 18.8 Å². The molecular weight excluding hydrogens is 161 g/mol. The van der Waals surface area contributed by atoms with Crippen molar-refractivity contribution in [2.45, 2.75) is 6.05 Å². The predicted molar refractivity (Wildman–Crippen MR) is 33.1 cm³/mol. The summed E-state index contributed by atoms with van der Waals surface area (Å²) in [5.74, 6) is 0. The minimum absolute atomic E-state index is 0.00694. The molecule has 0 aliphatic rings. The van der Waals surface area contributed by atoms with Gasteiger partial charge in [-0.3, -0.25) is 4.90 Å². The van der Waals surface area contributed by atoms with E-state index in [2.05, 4.69) is 0 Å². The molecule has 11 heavy (non-hydrogen) atoms. The molecule has 0 atom stereocenters. The molecule has 0 spiro atoms. The van der Waals surface area contributed by atoms with Crippen molar-refractivity contribution in [3.8, 4) is 0 Å². The maximum absolute atomic E-state index is 12.3. The third-order valence-corrected chi connectivity index (χ3v) is 1.17. The van der Waals surface area contributed by atoms with E-state index >= 15 is 0 Å². The van der Waals surface area contributed by atoms with Gasteiger partial charge in [0.05, 0.1) is 0 Å². The Bertz CT molecular complexity index is 151. The predicted octanol–water partition coefficient (Wildman–Crippen LogP) is 0.820. The molecule has 66 valence electrons. The Hall–Kier alpha value is -0.940. The lowest BCUT2D eigenvalue weighted by atomic mass is 10.5. The topological polar surface area (TPSA) is 32.3 Å². The summed E-state index contributed by atoms with van der Waals surface area (Å²) < 4.78 is 36.1. The number of carbonyl (C=O) groups is 1. The average molecular weight is 170 g/mol. The van der Waals surface area contributed by atoms with Crippen LogP contribution in [0.3, 0.4) is 0 Å². The molecule has 0 bridgehead atoms. The van der Waals surface area contributed by atoms with Crippen molar-refractivity contribution in [3.05, 3.63) is 0 Å². The van der Waals surface area contributed by atoms with E-state index in [1.807, 2.05) is 5.32 Å². The van der Waals surface area contributed by atoms with Gasteiger partial charge in [0, 0.05) is 14.1 Å². The van der Waals surface area contributed by atoms with E-state index in [1.54, 1.807) is 0 Å². The molecule has 2 amide bonds. The van der Waals surface area contributed by atoms with Crippen LogP contribution in [0.5, 0.6) is 0 Å². The largest absolute Gasteiger partial charge is 0.357 e. The highest BCUT2D eigenvalue weighted by atomic mass is 19.3. The molecule has 3 nitrogen and oxygen atoms in total. The number of hydrogen-bond donors (Lipinski definition) is 1. The number of amides is 2. The second-order valence-electron chi connectivity index (χ2n) is 1.91. The van der Waals surface area contributed by atoms with Gasteiger partial charge in [-0.05, 0) is 0 Å². The van der Waals surface area contributed by atoms with Gasteiger partial charge in [-0.1, -0.05) is 0 Å². The Kier molecular flexibility index (Phi) is 3.16. The fraction of sp³-hybridized carbons (Fsp3) is 0.800. The number of nitrogens with zero attached hydrogens (tertiary/aromatic N) is 1.